The Kier molecular flexibility index (Phi) is 3.81. The van der Waals surface area contributed by atoms with E-state index in [1.54, 1.807) is 7.11 Å². The van der Waals surface area contributed by atoms with Crippen molar-refractivity contribution in [2.75, 3.05) is 20.3 Å². The smallest absolute Gasteiger partial charge is 0.220 e. The van der Waals surface area contributed by atoms with Gasteiger partial charge in [-0.3, -0.25) is 4.79 Å². The molecule has 4 heteroatoms. The summed E-state index contributed by atoms with van der Waals surface area (Å²) in [5.41, 5.74) is 1.15. The second-order valence-electron chi connectivity index (χ2n) is 5.72. The Labute approximate surface area is 119 Å². The molecule has 3 rings (SSSR count). The van der Waals surface area contributed by atoms with E-state index >= 15 is 0 Å². The molecule has 1 heterocycles. The SMILES string of the molecule is COc1ccc([C@H]2CNC(=O)C2)cc1OCC1CCC1. The van der Waals surface area contributed by atoms with Crippen molar-refractivity contribution in [1.29, 1.82) is 0 Å². The van der Waals surface area contributed by atoms with Crippen LogP contribution in [-0.4, -0.2) is 26.2 Å². The predicted molar refractivity (Wildman–Crippen MR) is 76.2 cm³/mol. The highest BCUT2D eigenvalue weighted by atomic mass is 16.5. The molecule has 0 aromatic heterocycles. The van der Waals surface area contributed by atoms with Crippen LogP contribution in [0, 0.1) is 5.92 Å². The summed E-state index contributed by atoms with van der Waals surface area (Å²) in [5.74, 6) is 2.64. The van der Waals surface area contributed by atoms with Gasteiger partial charge in [0.1, 0.15) is 0 Å². The molecule has 0 bridgehead atoms. The Morgan fingerprint density at radius 2 is 2.15 bits per heavy atom. The molecule has 4 nitrogen and oxygen atoms in total. The van der Waals surface area contributed by atoms with E-state index in [1.165, 1.54) is 19.3 Å². The number of hydrogen-bond donors (Lipinski definition) is 1. The molecule has 1 aliphatic carbocycles. The predicted octanol–water partition coefficient (Wildman–Crippen LogP) is 2.48. The Balaban J connectivity index is 1.73. The molecule has 0 spiro atoms. The van der Waals surface area contributed by atoms with Gasteiger partial charge in [-0.15, -0.1) is 0 Å². The summed E-state index contributed by atoms with van der Waals surface area (Å²) >= 11 is 0. The molecular formula is C16H21NO3. The van der Waals surface area contributed by atoms with Gasteiger partial charge in [0.15, 0.2) is 11.5 Å². The van der Waals surface area contributed by atoms with Crippen molar-refractivity contribution in [1.82, 2.24) is 5.32 Å². The minimum atomic E-state index is 0.128. The first kappa shape index (κ1) is 13.3. The zero-order valence-corrected chi connectivity index (χ0v) is 11.9. The second-order valence-corrected chi connectivity index (χ2v) is 5.72. The lowest BCUT2D eigenvalue weighted by atomic mass is 9.86. The van der Waals surface area contributed by atoms with Gasteiger partial charge in [0.2, 0.25) is 5.91 Å². The molecule has 2 fully saturated rings. The third-order valence-electron chi connectivity index (χ3n) is 4.34. The maximum Gasteiger partial charge on any atom is 0.220 e. The fourth-order valence-corrected chi connectivity index (χ4v) is 2.77. The van der Waals surface area contributed by atoms with E-state index in [-0.39, 0.29) is 11.8 Å². The van der Waals surface area contributed by atoms with Crippen molar-refractivity contribution >= 4 is 5.91 Å². The van der Waals surface area contributed by atoms with Crippen LogP contribution in [0.2, 0.25) is 0 Å². The number of carbonyl (C=O) groups excluding carboxylic acids is 1. The third kappa shape index (κ3) is 2.74. The van der Waals surface area contributed by atoms with Crippen molar-refractivity contribution in [2.24, 2.45) is 5.92 Å². The highest BCUT2D eigenvalue weighted by Crippen LogP contribution is 2.34. The first-order valence-corrected chi connectivity index (χ1v) is 7.33. The van der Waals surface area contributed by atoms with Crippen LogP contribution in [0.5, 0.6) is 11.5 Å². The van der Waals surface area contributed by atoms with Crippen LogP contribution in [0.25, 0.3) is 0 Å². The Hall–Kier alpha value is -1.71. The van der Waals surface area contributed by atoms with E-state index in [9.17, 15) is 4.79 Å². The van der Waals surface area contributed by atoms with Crippen LogP contribution in [0.3, 0.4) is 0 Å². The number of benzene rings is 1. The van der Waals surface area contributed by atoms with Gasteiger partial charge in [0.25, 0.3) is 0 Å². The summed E-state index contributed by atoms with van der Waals surface area (Å²) in [6.07, 6.45) is 4.42. The molecule has 1 aromatic carbocycles. The van der Waals surface area contributed by atoms with Gasteiger partial charge in [-0.05, 0) is 36.5 Å². The zero-order valence-electron chi connectivity index (χ0n) is 11.9. The minimum absolute atomic E-state index is 0.128. The topological polar surface area (TPSA) is 47.6 Å². The highest BCUT2D eigenvalue weighted by molar-refractivity contribution is 5.79. The molecular weight excluding hydrogens is 254 g/mol. The van der Waals surface area contributed by atoms with Crippen LogP contribution < -0.4 is 14.8 Å². The molecule has 20 heavy (non-hydrogen) atoms. The van der Waals surface area contributed by atoms with Crippen LogP contribution in [0.4, 0.5) is 0 Å². The van der Waals surface area contributed by atoms with Crippen LogP contribution >= 0.6 is 0 Å². The molecule has 1 atom stereocenters. The molecule has 0 radical (unpaired) electrons. The van der Waals surface area contributed by atoms with Crippen LogP contribution in [-0.2, 0) is 4.79 Å². The molecule has 1 saturated carbocycles. The number of nitrogens with one attached hydrogen (secondary N) is 1. The van der Waals surface area contributed by atoms with Crippen molar-refractivity contribution in [2.45, 2.75) is 31.6 Å². The van der Waals surface area contributed by atoms with E-state index in [1.807, 2.05) is 18.2 Å². The Bertz CT molecular complexity index is 496. The summed E-state index contributed by atoms with van der Waals surface area (Å²) in [6.45, 7) is 1.48. The van der Waals surface area contributed by atoms with E-state index in [0.29, 0.717) is 18.9 Å². The summed E-state index contributed by atoms with van der Waals surface area (Å²) in [5, 5.41) is 2.87. The van der Waals surface area contributed by atoms with Gasteiger partial charge in [-0.2, -0.15) is 0 Å². The summed E-state index contributed by atoms with van der Waals surface area (Å²) in [6, 6.07) is 6.00. The molecule has 108 valence electrons. The molecule has 1 aliphatic heterocycles. The van der Waals surface area contributed by atoms with Gasteiger partial charge in [-0.1, -0.05) is 12.5 Å². The van der Waals surface area contributed by atoms with Crippen LogP contribution in [0.15, 0.2) is 18.2 Å². The van der Waals surface area contributed by atoms with Crippen molar-refractivity contribution < 1.29 is 14.3 Å². The molecule has 2 aliphatic rings. The quantitative estimate of drug-likeness (QED) is 0.898. The number of carbonyl (C=O) groups is 1. The summed E-state index contributed by atoms with van der Waals surface area (Å²) in [7, 11) is 1.66. The highest BCUT2D eigenvalue weighted by Gasteiger charge is 2.24. The molecule has 1 amide bonds. The number of rotatable bonds is 5. The molecule has 1 aromatic rings. The zero-order chi connectivity index (χ0) is 13.9. The first-order chi connectivity index (χ1) is 9.76. The normalized spacial score (nSPS) is 22.2. The van der Waals surface area contributed by atoms with E-state index in [0.717, 1.165) is 23.7 Å². The molecule has 1 saturated heterocycles. The number of amides is 1. The van der Waals surface area contributed by atoms with Crippen molar-refractivity contribution in [3.8, 4) is 11.5 Å². The average Bonchev–Trinajstić information content (AvgIpc) is 2.83. The summed E-state index contributed by atoms with van der Waals surface area (Å²) < 4.78 is 11.3. The lowest BCUT2D eigenvalue weighted by Crippen LogP contribution is -2.19. The number of methoxy groups -OCH3 is 1. The lowest BCUT2D eigenvalue weighted by molar-refractivity contribution is -0.119. The van der Waals surface area contributed by atoms with Crippen molar-refractivity contribution in [3.63, 3.8) is 0 Å². The van der Waals surface area contributed by atoms with Gasteiger partial charge in [0, 0.05) is 18.9 Å². The second kappa shape index (κ2) is 5.73. The van der Waals surface area contributed by atoms with Crippen molar-refractivity contribution in [3.05, 3.63) is 23.8 Å². The Morgan fingerprint density at radius 3 is 2.75 bits per heavy atom. The fourth-order valence-electron chi connectivity index (χ4n) is 2.77. The molecule has 1 N–H and O–H groups in total. The van der Waals surface area contributed by atoms with Gasteiger partial charge in [0.05, 0.1) is 13.7 Å². The molecule has 0 unspecified atom stereocenters. The van der Waals surface area contributed by atoms with E-state index < -0.39 is 0 Å². The number of hydrogen-bond acceptors (Lipinski definition) is 3. The first-order valence-electron chi connectivity index (χ1n) is 7.33. The Morgan fingerprint density at radius 1 is 1.30 bits per heavy atom. The number of ether oxygens (including phenoxy) is 2. The third-order valence-corrected chi connectivity index (χ3v) is 4.34. The maximum absolute atomic E-state index is 11.3. The van der Waals surface area contributed by atoms with Gasteiger partial charge in [-0.25, -0.2) is 0 Å². The standard InChI is InChI=1S/C16H21NO3/c1-19-14-6-5-12(13-8-16(18)17-9-13)7-15(14)20-10-11-3-2-4-11/h5-7,11,13H,2-4,8-10H2,1H3,(H,17,18)/t13-/m1/s1. The monoisotopic (exact) mass is 275 g/mol. The lowest BCUT2D eigenvalue weighted by Gasteiger charge is -2.25. The fraction of sp³-hybridized carbons (Fsp3) is 0.562. The average molecular weight is 275 g/mol. The minimum Gasteiger partial charge on any atom is -0.493 e. The maximum atomic E-state index is 11.3. The van der Waals surface area contributed by atoms with Gasteiger partial charge >= 0.3 is 0 Å². The van der Waals surface area contributed by atoms with E-state index in [2.05, 4.69) is 5.32 Å². The van der Waals surface area contributed by atoms with Crippen LogP contribution in [0.1, 0.15) is 37.2 Å². The van der Waals surface area contributed by atoms with E-state index in [4.69, 9.17) is 9.47 Å². The summed E-state index contributed by atoms with van der Waals surface area (Å²) in [4.78, 5) is 11.3. The largest absolute Gasteiger partial charge is 0.493 e. The van der Waals surface area contributed by atoms with Gasteiger partial charge < -0.3 is 14.8 Å².